The smallest absolute Gasteiger partial charge is 0.317 e. The lowest BCUT2D eigenvalue weighted by atomic mass is 9.79. The highest BCUT2D eigenvalue weighted by Gasteiger charge is 2.59. The van der Waals surface area contributed by atoms with Crippen molar-refractivity contribution in [2.24, 2.45) is 5.92 Å². The zero-order valence-corrected chi connectivity index (χ0v) is 16.4. The second-order valence-corrected chi connectivity index (χ2v) is 7.36. The Bertz CT molecular complexity index is 916. The molecule has 2 aromatic carbocycles. The Kier molecular flexibility index (Phi) is 4.30. The lowest BCUT2D eigenvalue weighted by molar-refractivity contribution is -0.159. The summed E-state index contributed by atoms with van der Waals surface area (Å²) in [6.07, 6.45) is 0. The first-order valence-electron chi connectivity index (χ1n) is 9.08. The molecule has 2 aromatic rings. The van der Waals surface area contributed by atoms with E-state index in [4.69, 9.17) is 21.7 Å². The summed E-state index contributed by atoms with van der Waals surface area (Å²) >= 11 is 5.71. The maximum Gasteiger partial charge on any atom is 0.317 e. The molecule has 0 aliphatic carbocycles. The van der Waals surface area contributed by atoms with E-state index in [2.05, 4.69) is 5.32 Å². The highest BCUT2D eigenvalue weighted by atomic mass is 32.1. The number of hydrogen-bond donors (Lipinski definition) is 1. The van der Waals surface area contributed by atoms with Crippen LogP contribution >= 0.6 is 12.2 Å². The molecule has 2 aliphatic rings. The van der Waals surface area contributed by atoms with Crippen LogP contribution in [0.1, 0.15) is 31.0 Å². The van der Waals surface area contributed by atoms with Crippen LogP contribution in [0.4, 0.5) is 5.69 Å². The lowest BCUT2D eigenvalue weighted by Gasteiger charge is -2.55. The molecule has 0 unspecified atom stereocenters. The number of hydrogen-bond acceptors (Lipinski definition) is 4. The van der Waals surface area contributed by atoms with E-state index in [9.17, 15) is 4.79 Å². The highest BCUT2D eigenvalue weighted by Crippen LogP contribution is 2.50. The van der Waals surface area contributed by atoms with Gasteiger partial charge in [-0.15, -0.1) is 0 Å². The molecule has 4 rings (SSSR count). The number of anilines is 1. The van der Waals surface area contributed by atoms with Crippen LogP contribution in [0.5, 0.6) is 5.75 Å². The number of aryl methyl sites for hydroxylation is 1. The first-order valence-corrected chi connectivity index (χ1v) is 9.49. The Labute approximate surface area is 164 Å². The summed E-state index contributed by atoms with van der Waals surface area (Å²) in [6, 6.07) is 15.4. The number of nitrogens with zero attached hydrogens (tertiary/aromatic N) is 1. The normalized spacial score (nSPS) is 25.9. The summed E-state index contributed by atoms with van der Waals surface area (Å²) in [5.74, 6) is -0.120. The van der Waals surface area contributed by atoms with Crippen LogP contribution < -0.4 is 15.0 Å². The van der Waals surface area contributed by atoms with Gasteiger partial charge in [-0.1, -0.05) is 36.4 Å². The fourth-order valence-electron chi connectivity index (χ4n) is 4.10. The predicted molar refractivity (Wildman–Crippen MR) is 108 cm³/mol. The molecule has 1 fully saturated rings. The Morgan fingerprint density at radius 2 is 1.96 bits per heavy atom. The second kappa shape index (κ2) is 6.53. The van der Waals surface area contributed by atoms with Gasteiger partial charge < -0.3 is 14.8 Å². The van der Waals surface area contributed by atoms with Crippen molar-refractivity contribution in [2.75, 3.05) is 11.5 Å². The highest BCUT2D eigenvalue weighted by molar-refractivity contribution is 7.80. The van der Waals surface area contributed by atoms with E-state index in [1.807, 2.05) is 74.2 Å². The molecule has 0 amide bonds. The van der Waals surface area contributed by atoms with Crippen LogP contribution in [0.15, 0.2) is 48.5 Å². The van der Waals surface area contributed by atoms with Crippen molar-refractivity contribution in [1.29, 1.82) is 0 Å². The van der Waals surface area contributed by atoms with Gasteiger partial charge in [-0.2, -0.15) is 0 Å². The number of esters is 1. The summed E-state index contributed by atoms with van der Waals surface area (Å²) < 4.78 is 11.9. The fraction of sp³-hybridized carbons (Fsp3) is 0.333. The third-order valence-corrected chi connectivity index (χ3v) is 5.60. The van der Waals surface area contributed by atoms with Gasteiger partial charge in [-0.25, -0.2) is 0 Å². The Morgan fingerprint density at radius 3 is 2.70 bits per heavy atom. The molecule has 27 heavy (non-hydrogen) atoms. The van der Waals surface area contributed by atoms with Crippen molar-refractivity contribution in [3.8, 4) is 5.75 Å². The fourth-order valence-corrected chi connectivity index (χ4v) is 4.51. The van der Waals surface area contributed by atoms with E-state index >= 15 is 0 Å². The molecule has 0 saturated carbocycles. The number of ether oxygens (including phenoxy) is 2. The largest absolute Gasteiger partial charge is 0.466 e. The van der Waals surface area contributed by atoms with E-state index < -0.39 is 11.6 Å². The molecule has 0 radical (unpaired) electrons. The number of carbonyl (C=O) groups is 1. The average molecular weight is 382 g/mol. The van der Waals surface area contributed by atoms with Crippen molar-refractivity contribution >= 4 is 29.0 Å². The van der Waals surface area contributed by atoms with Crippen LogP contribution in [0.2, 0.25) is 0 Å². The van der Waals surface area contributed by atoms with Gasteiger partial charge in [-0.05, 0) is 50.7 Å². The third kappa shape index (κ3) is 2.67. The number of nitrogens with one attached hydrogen (secondary N) is 1. The maximum absolute atomic E-state index is 13.0. The first-order chi connectivity index (χ1) is 13.0. The minimum atomic E-state index is -1.00. The second-order valence-electron chi connectivity index (χ2n) is 6.97. The summed E-state index contributed by atoms with van der Waals surface area (Å²) in [5, 5.41) is 3.90. The lowest BCUT2D eigenvalue weighted by Crippen LogP contribution is -2.71. The Morgan fingerprint density at radius 1 is 1.26 bits per heavy atom. The van der Waals surface area contributed by atoms with Crippen LogP contribution in [0.3, 0.4) is 0 Å². The summed E-state index contributed by atoms with van der Waals surface area (Å²) in [5.41, 5.74) is 1.87. The molecule has 6 heteroatoms. The molecule has 5 nitrogen and oxygen atoms in total. The Balaban J connectivity index is 1.91. The van der Waals surface area contributed by atoms with E-state index in [1.165, 1.54) is 0 Å². The number of carbonyl (C=O) groups excluding carboxylic acids is 1. The Hall–Kier alpha value is -2.60. The minimum absolute atomic E-state index is 0.298. The average Bonchev–Trinajstić information content (AvgIpc) is 2.62. The van der Waals surface area contributed by atoms with Crippen molar-refractivity contribution in [3.05, 3.63) is 59.7 Å². The number of para-hydroxylation sites is 2. The van der Waals surface area contributed by atoms with E-state index in [0.29, 0.717) is 11.7 Å². The molecule has 2 heterocycles. The van der Waals surface area contributed by atoms with Gasteiger partial charge >= 0.3 is 5.97 Å². The van der Waals surface area contributed by atoms with Gasteiger partial charge in [0, 0.05) is 11.3 Å². The van der Waals surface area contributed by atoms with Gasteiger partial charge in [0.05, 0.1) is 12.6 Å². The predicted octanol–water partition coefficient (Wildman–Crippen LogP) is 3.72. The molecule has 140 valence electrons. The van der Waals surface area contributed by atoms with Gasteiger partial charge in [0.25, 0.3) is 0 Å². The van der Waals surface area contributed by atoms with Crippen LogP contribution in [0.25, 0.3) is 0 Å². The zero-order chi connectivity index (χ0) is 19.2. The van der Waals surface area contributed by atoms with Crippen LogP contribution in [0, 0.1) is 12.8 Å². The molecule has 0 spiro atoms. The van der Waals surface area contributed by atoms with Gasteiger partial charge in [-0.3, -0.25) is 9.69 Å². The number of thiocarbonyl (C=S) groups is 1. The van der Waals surface area contributed by atoms with Gasteiger partial charge in [0.15, 0.2) is 5.11 Å². The zero-order valence-electron chi connectivity index (χ0n) is 15.6. The quantitative estimate of drug-likeness (QED) is 0.645. The van der Waals surface area contributed by atoms with E-state index in [-0.39, 0.29) is 12.0 Å². The van der Waals surface area contributed by atoms with E-state index in [1.54, 1.807) is 0 Å². The maximum atomic E-state index is 13.0. The minimum Gasteiger partial charge on any atom is -0.466 e. The van der Waals surface area contributed by atoms with Crippen LogP contribution in [-0.2, 0) is 9.53 Å². The van der Waals surface area contributed by atoms with Gasteiger partial charge in [0.1, 0.15) is 11.7 Å². The summed E-state index contributed by atoms with van der Waals surface area (Å²) in [4.78, 5) is 14.9. The molecular weight excluding hydrogens is 360 g/mol. The SMILES string of the molecule is CCOC(=O)[C@@H]1[C@@H]2NC(=S)N(c3ccccc3C)[C@@]1(C)Oc1ccccc12. The number of rotatable bonds is 3. The molecule has 3 atom stereocenters. The standard InChI is InChI=1S/C21H22N2O3S/c1-4-25-19(24)17-18-14-10-6-8-12-16(14)26-21(17,3)23(20(27)22-18)15-11-7-5-9-13(15)2/h5-12,17-18H,4H2,1-3H3,(H,22,27)/t17-,18+,21-/m0/s1. The topological polar surface area (TPSA) is 50.8 Å². The third-order valence-electron chi connectivity index (χ3n) is 5.30. The molecule has 2 aliphatic heterocycles. The van der Waals surface area contributed by atoms with Crippen molar-refractivity contribution in [1.82, 2.24) is 5.32 Å². The first kappa shape index (κ1) is 17.8. The molecule has 1 N–H and O–H groups in total. The number of fused-ring (bicyclic) bond motifs is 4. The van der Waals surface area contributed by atoms with Crippen molar-refractivity contribution in [3.63, 3.8) is 0 Å². The molecule has 2 bridgehead atoms. The monoisotopic (exact) mass is 382 g/mol. The van der Waals surface area contributed by atoms with Crippen molar-refractivity contribution in [2.45, 2.75) is 32.5 Å². The number of benzene rings is 2. The molecular formula is C21H22N2O3S. The van der Waals surface area contributed by atoms with Gasteiger partial charge in [0.2, 0.25) is 5.72 Å². The summed E-state index contributed by atoms with van der Waals surface area (Å²) in [6.45, 7) is 6.06. The van der Waals surface area contributed by atoms with Crippen molar-refractivity contribution < 1.29 is 14.3 Å². The molecule has 1 saturated heterocycles. The molecule has 0 aromatic heterocycles. The van der Waals surface area contributed by atoms with E-state index in [0.717, 1.165) is 22.6 Å². The van der Waals surface area contributed by atoms with Crippen LogP contribution in [-0.4, -0.2) is 23.4 Å². The summed E-state index contributed by atoms with van der Waals surface area (Å²) in [7, 11) is 0.